The van der Waals surface area contributed by atoms with Crippen LogP contribution in [-0.2, 0) is 6.61 Å². The minimum atomic E-state index is -0.994. The molecule has 0 spiro atoms. The summed E-state index contributed by atoms with van der Waals surface area (Å²) in [5, 5.41) is 12.8. The van der Waals surface area contributed by atoms with Crippen LogP contribution in [0.4, 0.5) is 10.1 Å². The van der Waals surface area contributed by atoms with E-state index >= 15 is 0 Å². The monoisotopic (exact) mass is 362 g/mol. The molecule has 0 unspecified atom stereocenters. The average molecular weight is 363 g/mol. The zero-order valence-corrected chi connectivity index (χ0v) is 13.8. The van der Waals surface area contributed by atoms with Gasteiger partial charge in [-0.15, -0.1) is 0 Å². The van der Waals surface area contributed by atoms with Gasteiger partial charge in [-0.3, -0.25) is 10.1 Å². The van der Waals surface area contributed by atoms with Gasteiger partial charge in [-0.05, 0) is 11.5 Å². The van der Waals surface area contributed by atoms with E-state index in [4.69, 9.17) is 21.1 Å². The van der Waals surface area contributed by atoms with Gasteiger partial charge in [-0.25, -0.2) is 4.98 Å². The molecule has 3 aromatic rings. The fourth-order valence-electron chi connectivity index (χ4n) is 2.47. The van der Waals surface area contributed by atoms with Gasteiger partial charge in [0, 0.05) is 23.2 Å². The summed E-state index contributed by atoms with van der Waals surface area (Å²) in [7, 11) is 1.33. The molecule has 1 heterocycles. The molecule has 0 saturated carbocycles. The second-order valence-electron chi connectivity index (χ2n) is 5.12. The maximum atomic E-state index is 13.7. The highest BCUT2D eigenvalue weighted by Gasteiger charge is 2.20. The minimum absolute atomic E-state index is 0.0574. The fourth-order valence-corrected chi connectivity index (χ4v) is 2.76. The Morgan fingerprint density at radius 3 is 2.80 bits per heavy atom. The topological polar surface area (TPSA) is 74.5 Å². The number of aromatic nitrogens is 1. The van der Waals surface area contributed by atoms with Gasteiger partial charge < -0.3 is 9.47 Å². The van der Waals surface area contributed by atoms with Crippen molar-refractivity contribution in [2.24, 2.45) is 0 Å². The SMILES string of the molecule is COc1cc(F)c([N+](=O)[O-])cc1OCc1cccc2ccnc(Cl)c12. The van der Waals surface area contributed by atoms with Gasteiger partial charge in [0.25, 0.3) is 0 Å². The lowest BCUT2D eigenvalue weighted by Gasteiger charge is -2.12. The third-order valence-electron chi connectivity index (χ3n) is 3.64. The summed E-state index contributed by atoms with van der Waals surface area (Å²) >= 11 is 6.16. The number of pyridine rings is 1. The van der Waals surface area contributed by atoms with Gasteiger partial charge in [-0.2, -0.15) is 4.39 Å². The first kappa shape index (κ1) is 16.9. The number of hydrogen-bond donors (Lipinski definition) is 0. The molecular formula is C17H12ClFN2O4. The summed E-state index contributed by atoms with van der Waals surface area (Å²) in [6.07, 6.45) is 1.60. The third kappa shape index (κ3) is 3.32. The molecule has 0 aliphatic heterocycles. The van der Waals surface area contributed by atoms with Gasteiger partial charge in [0.15, 0.2) is 11.5 Å². The van der Waals surface area contributed by atoms with E-state index < -0.39 is 16.4 Å². The molecule has 0 aliphatic carbocycles. The van der Waals surface area contributed by atoms with E-state index in [1.807, 2.05) is 18.2 Å². The summed E-state index contributed by atoms with van der Waals surface area (Å²) in [5.74, 6) is -0.869. The number of halogens is 2. The molecule has 0 amide bonds. The van der Waals surface area contributed by atoms with E-state index in [9.17, 15) is 14.5 Å². The quantitative estimate of drug-likeness (QED) is 0.379. The van der Waals surface area contributed by atoms with Crippen molar-refractivity contribution in [1.82, 2.24) is 4.98 Å². The van der Waals surface area contributed by atoms with Crippen LogP contribution in [0.2, 0.25) is 5.15 Å². The molecule has 1 aromatic heterocycles. The Hall–Kier alpha value is -2.93. The summed E-state index contributed by atoms with van der Waals surface area (Å²) < 4.78 is 24.4. The molecule has 0 saturated heterocycles. The standard InChI is InChI=1S/C17H12ClFN2O4/c1-24-14-7-12(19)13(21(22)23)8-15(14)25-9-11-4-2-3-10-5-6-20-17(18)16(10)11/h2-8H,9H2,1H3. The average Bonchev–Trinajstić information content (AvgIpc) is 2.60. The molecule has 0 N–H and O–H groups in total. The number of nitro benzene ring substituents is 1. The van der Waals surface area contributed by atoms with Gasteiger partial charge in [0.05, 0.1) is 18.1 Å². The van der Waals surface area contributed by atoms with Crippen molar-refractivity contribution in [2.45, 2.75) is 6.61 Å². The van der Waals surface area contributed by atoms with Crippen molar-refractivity contribution < 1.29 is 18.8 Å². The summed E-state index contributed by atoms with van der Waals surface area (Å²) in [5.41, 5.74) is 0.0537. The maximum absolute atomic E-state index is 13.7. The van der Waals surface area contributed by atoms with Gasteiger partial charge in [0.1, 0.15) is 11.8 Å². The molecule has 0 atom stereocenters. The van der Waals surface area contributed by atoms with Crippen LogP contribution >= 0.6 is 11.6 Å². The van der Waals surface area contributed by atoms with Gasteiger partial charge in [0.2, 0.25) is 5.82 Å². The Kier molecular flexibility index (Phi) is 4.67. The minimum Gasteiger partial charge on any atom is -0.493 e. The van der Waals surface area contributed by atoms with Crippen LogP contribution in [0.25, 0.3) is 10.8 Å². The number of rotatable bonds is 5. The van der Waals surface area contributed by atoms with Crippen LogP contribution in [0.5, 0.6) is 11.5 Å². The van der Waals surface area contributed by atoms with Crippen molar-refractivity contribution in [3.05, 3.63) is 69.2 Å². The fraction of sp³-hybridized carbons (Fsp3) is 0.118. The molecule has 3 rings (SSSR count). The number of benzene rings is 2. The highest BCUT2D eigenvalue weighted by atomic mass is 35.5. The van der Waals surface area contributed by atoms with Crippen molar-refractivity contribution in [3.8, 4) is 11.5 Å². The second-order valence-corrected chi connectivity index (χ2v) is 5.48. The molecule has 0 radical (unpaired) electrons. The number of hydrogen-bond acceptors (Lipinski definition) is 5. The molecular weight excluding hydrogens is 351 g/mol. The van der Waals surface area contributed by atoms with Crippen molar-refractivity contribution in [1.29, 1.82) is 0 Å². The highest BCUT2D eigenvalue weighted by molar-refractivity contribution is 6.34. The smallest absolute Gasteiger partial charge is 0.308 e. The summed E-state index contributed by atoms with van der Waals surface area (Å²) in [6, 6.07) is 9.26. The van der Waals surface area contributed by atoms with E-state index in [-0.39, 0.29) is 18.1 Å². The van der Waals surface area contributed by atoms with Gasteiger partial charge >= 0.3 is 5.69 Å². The zero-order chi connectivity index (χ0) is 18.0. The molecule has 0 fully saturated rings. The highest BCUT2D eigenvalue weighted by Crippen LogP contribution is 2.35. The van der Waals surface area contributed by atoms with Crippen molar-refractivity contribution >= 4 is 28.1 Å². The Labute approximate surface area is 146 Å². The maximum Gasteiger partial charge on any atom is 0.308 e. The van der Waals surface area contributed by atoms with Crippen LogP contribution in [0.15, 0.2) is 42.6 Å². The van der Waals surface area contributed by atoms with Crippen LogP contribution in [-0.4, -0.2) is 17.0 Å². The van der Waals surface area contributed by atoms with Crippen molar-refractivity contribution in [2.75, 3.05) is 7.11 Å². The largest absolute Gasteiger partial charge is 0.493 e. The number of fused-ring (bicyclic) bond motifs is 1. The molecule has 8 heteroatoms. The number of ether oxygens (including phenoxy) is 2. The predicted octanol–water partition coefficient (Wildman–Crippen LogP) is 4.52. The van der Waals surface area contributed by atoms with E-state index in [1.54, 1.807) is 12.3 Å². The van der Waals surface area contributed by atoms with Crippen LogP contribution in [0, 0.1) is 15.9 Å². The summed E-state index contributed by atoms with van der Waals surface area (Å²) in [4.78, 5) is 14.1. The second kappa shape index (κ2) is 6.90. The molecule has 0 bridgehead atoms. The first-order valence-electron chi connectivity index (χ1n) is 7.18. The lowest BCUT2D eigenvalue weighted by Crippen LogP contribution is -2.01. The van der Waals surface area contributed by atoms with Crippen molar-refractivity contribution in [3.63, 3.8) is 0 Å². The first-order chi connectivity index (χ1) is 12.0. The molecule has 6 nitrogen and oxygen atoms in total. The van der Waals surface area contributed by atoms with E-state index in [1.165, 1.54) is 7.11 Å². The number of methoxy groups -OCH3 is 1. The zero-order valence-electron chi connectivity index (χ0n) is 13.0. The number of nitro groups is 1. The van der Waals surface area contributed by atoms with Gasteiger partial charge in [-0.1, -0.05) is 29.8 Å². The Bertz CT molecular complexity index is 960. The Balaban J connectivity index is 1.97. The van der Waals surface area contributed by atoms with E-state index in [0.29, 0.717) is 5.15 Å². The summed E-state index contributed by atoms with van der Waals surface area (Å²) in [6.45, 7) is 0.0574. The Morgan fingerprint density at radius 1 is 1.28 bits per heavy atom. The molecule has 0 aliphatic rings. The predicted molar refractivity (Wildman–Crippen MR) is 90.7 cm³/mol. The molecule has 25 heavy (non-hydrogen) atoms. The first-order valence-corrected chi connectivity index (χ1v) is 7.56. The number of nitrogens with zero attached hydrogens (tertiary/aromatic N) is 2. The van der Waals surface area contributed by atoms with Crippen LogP contribution < -0.4 is 9.47 Å². The van der Waals surface area contributed by atoms with E-state index in [0.717, 1.165) is 28.5 Å². The molecule has 128 valence electrons. The molecule has 2 aromatic carbocycles. The van der Waals surface area contributed by atoms with E-state index in [2.05, 4.69) is 4.98 Å². The third-order valence-corrected chi connectivity index (χ3v) is 3.93. The Morgan fingerprint density at radius 2 is 2.08 bits per heavy atom. The lowest BCUT2D eigenvalue weighted by molar-refractivity contribution is -0.387. The normalized spacial score (nSPS) is 10.7. The lowest BCUT2D eigenvalue weighted by atomic mass is 10.1. The van der Waals surface area contributed by atoms with Crippen LogP contribution in [0.3, 0.4) is 0 Å². The van der Waals surface area contributed by atoms with Crippen LogP contribution in [0.1, 0.15) is 5.56 Å².